The second-order valence-electron chi connectivity index (χ2n) is 2.60. The standard InChI is InChI=1S/C5H4BBrF3N2O2.K/c7-3-1-12(2-6(8,9)10)5(14)11-4(3)13;/h1H,2H2,(H,11,13,14);/q-1;+1. The molecular weight excluding hydrogens is 307 g/mol. The molecule has 1 heterocycles. The third-order valence-corrected chi connectivity index (χ3v) is 1.94. The van der Waals surface area contributed by atoms with Crippen molar-refractivity contribution in [1.82, 2.24) is 9.55 Å². The maximum Gasteiger partial charge on any atom is 1.00 e. The molecule has 0 unspecified atom stereocenters. The molecule has 4 nitrogen and oxygen atoms in total. The predicted octanol–water partition coefficient (Wildman–Crippen LogP) is -2.31. The van der Waals surface area contributed by atoms with Gasteiger partial charge >= 0.3 is 64.1 Å². The molecule has 0 fully saturated rings. The summed E-state index contributed by atoms with van der Waals surface area (Å²) in [6, 6.07) is 0. The first-order valence-corrected chi connectivity index (χ1v) is 4.29. The van der Waals surface area contributed by atoms with E-state index in [1.807, 2.05) is 0 Å². The third kappa shape index (κ3) is 5.00. The Labute approximate surface area is 133 Å². The van der Waals surface area contributed by atoms with Crippen LogP contribution < -0.4 is 62.6 Å². The Kier molecular flexibility index (Phi) is 6.08. The summed E-state index contributed by atoms with van der Waals surface area (Å²) in [4.78, 5) is 23.4. The molecule has 0 aliphatic heterocycles. The Hall–Kier alpha value is 0.651. The van der Waals surface area contributed by atoms with Crippen LogP contribution in [-0.4, -0.2) is 16.5 Å². The van der Waals surface area contributed by atoms with Crippen LogP contribution in [0, 0.1) is 0 Å². The van der Waals surface area contributed by atoms with Crippen molar-refractivity contribution in [2.45, 2.75) is 6.44 Å². The number of aromatic amines is 1. The molecule has 0 aliphatic carbocycles. The van der Waals surface area contributed by atoms with Crippen molar-refractivity contribution in [3.63, 3.8) is 0 Å². The van der Waals surface area contributed by atoms with Gasteiger partial charge in [-0.15, -0.1) is 0 Å². The summed E-state index contributed by atoms with van der Waals surface area (Å²) in [6.45, 7) is -5.11. The molecule has 0 spiro atoms. The van der Waals surface area contributed by atoms with E-state index in [0.717, 1.165) is 6.20 Å². The van der Waals surface area contributed by atoms with E-state index >= 15 is 0 Å². The normalized spacial score (nSPS) is 10.9. The quantitative estimate of drug-likeness (QED) is 0.624. The predicted molar refractivity (Wildman–Crippen MR) is 48.1 cm³/mol. The molecular formula is C5H4BBrF3KN2O2. The Balaban J connectivity index is 0.00000196. The first kappa shape index (κ1) is 15.7. The van der Waals surface area contributed by atoms with Gasteiger partial charge in [-0.2, -0.15) is 0 Å². The van der Waals surface area contributed by atoms with Crippen LogP contribution in [0.3, 0.4) is 0 Å². The van der Waals surface area contributed by atoms with Crippen molar-refractivity contribution in [1.29, 1.82) is 0 Å². The van der Waals surface area contributed by atoms with Gasteiger partial charge in [0.05, 0.1) is 4.47 Å². The fourth-order valence-corrected chi connectivity index (χ4v) is 1.19. The second kappa shape index (κ2) is 5.82. The van der Waals surface area contributed by atoms with Crippen molar-refractivity contribution >= 4 is 22.9 Å². The van der Waals surface area contributed by atoms with Crippen molar-refractivity contribution < 1.29 is 64.3 Å². The van der Waals surface area contributed by atoms with E-state index in [4.69, 9.17) is 0 Å². The molecule has 1 N–H and O–H groups in total. The number of halogens is 4. The largest absolute Gasteiger partial charge is 1.00 e. The summed E-state index contributed by atoms with van der Waals surface area (Å²) in [7, 11) is 0. The first-order chi connectivity index (χ1) is 6.29. The molecule has 0 saturated carbocycles. The number of H-pyrrole nitrogens is 1. The summed E-state index contributed by atoms with van der Waals surface area (Å²) >= 11 is 2.72. The van der Waals surface area contributed by atoms with Crippen LogP contribution >= 0.6 is 15.9 Å². The van der Waals surface area contributed by atoms with E-state index in [2.05, 4.69) is 15.9 Å². The number of aromatic nitrogens is 2. The van der Waals surface area contributed by atoms with Crippen LogP contribution in [0.2, 0.25) is 0 Å². The van der Waals surface area contributed by atoms with E-state index in [-0.39, 0.29) is 55.9 Å². The van der Waals surface area contributed by atoms with E-state index in [1.165, 1.54) is 0 Å². The fourth-order valence-electron chi connectivity index (χ4n) is 0.841. The van der Waals surface area contributed by atoms with Gasteiger partial charge in [0.15, 0.2) is 0 Å². The molecule has 0 atom stereocenters. The summed E-state index contributed by atoms with van der Waals surface area (Å²) < 4.78 is 36.1. The van der Waals surface area contributed by atoms with Crippen molar-refractivity contribution in [2.75, 3.05) is 0 Å². The summed E-state index contributed by atoms with van der Waals surface area (Å²) in [5, 5.41) is 0. The molecule has 1 rings (SSSR count). The molecule has 78 valence electrons. The first-order valence-electron chi connectivity index (χ1n) is 3.50. The van der Waals surface area contributed by atoms with Gasteiger partial charge in [-0.05, 0) is 22.4 Å². The van der Waals surface area contributed by atoms with Crippen molar-refractivity contribution in [3.05, 3.63) is 31.5 Å². The number of hydrogen-bond donors (Lipinski definition) is 1. The minimum Gasteiger partial charge on any atom is -0.448 e. The Morgan fingerprint density at radius 2 is 1.93 bits per heavy atom. The zero-order valence-electron chi connectivity index (χ0n) is 7.64. The van der Waals surface area contributed by atoms with Gasteiger partial charge in [-0.3, -0.25) is 9.78 Å². The average molecular weight is 311 g/mol. The average Bonchev–Trinajstić information content (AvgIpc) is 1.97. The van der Waals surface area contributed by atoms with Crippen LogP contribution in [0.25, 0.3) is 0 Å². The molecule has 0 amide bonds. The minimum absolute atomic E-state index is 0. The van der Waals surface area contributed by atoms with E-state index in [9.17, 15) is 22.5 Å². The molecule has 15 heavy (non-hydrogen) atoms. The minimum atomic E-state index is -5.11. The molecule has 0 aliphatic rings. The zero-order valence-corrected chi connectivity index (χ0v) is 12.3. The van der Waals surface area contributed by atoms with Crippen LogP contribution in [0.15, 0.2) is 20.3 Å². The molecule has 0 bridgehead atoms. The van der Waals surface area contributed by atoms with E-state index < -0.39 is 24.7 Å². The fraction of sp³-hybridized carbons (Fsp3) is 0.200. The van der Waals surface area contributed by atoms with Crippen LogP contribution in [0.5, 0.6) is 0 Å². The maximum absolute atomic E-state index is 11.9. The summed E-state index contributed by atoms with van der Waals surface area (Å²) in [6.07, 6.45) is -0.551. The van der Waals surface area contributed by atoms with Gasteiger partial charge in [0.2, 0.25) is 0 Å². The Morgan fingerprint density at radius 1 is 1.40 bits per heavy atom. The molecule has 0 saturated heterocycles. The smallest absolute Gasteiger partial charge is 0.448 e. The molecule has 1 aromatic heterocycles. The van der Waals surface area contributed by atoms with Crippen molar-refractivity contribution in [3.8, 4) is 0 Å². The number of nitrogens with one attached hydrogen (secondary N) is 1. The van der Waals surface area contributed by atoms with Crippen LogP contribution in [-0.2, 0) is 6.44 Å². The Morgan fingerprint density at radius 3 is 2.40 bits per heavy atom. The van der Waals surface area contributed by atoms with Crippen molar-refractivity contribution in [2.24, 2.45) is 0 Å². The third-order valence-electron chi connectivity index (χ3n) is 1.37. The monoisotopic (exact) mass is 310 g/mol. The molecule has 0 aromatic carbocycles. The topological polar surface area (TPSA) is 54.9 Å². The number of rotatable bonds is 2. The van der Waals surface area contributed by atoms with E-state index in [0.29, 0.717) is 4.57 Å². The number of nitrogens with zero attached hydrogens (tertiary/aromatic N) is 1. The number of hydrogen-bond acceptors (Lipinski definition) is 2. The van der Waals surface area contributed by atoms with Crippen LogP contribution in [0.1, 0.15) is 0 Å². The second-order valence-corrected chi connectivity index (χ2v) is 3.45. The van der Waals surface area contributed by atoms with Gasteiger partial charge in [0, 0.05) is 6.20 Å². The van der Waals surface area contributed by atoms with Gasteiger partial charge in [-0.25, -0.2) is 4.79 Å². The maximum atomic E-state index is 11.9. The van der Waals surface area contributed by atoms with Crippen LogP contribution in [0.4, 0.5) is 12.9 Å². The summed E-state index contributed by atoms with van der Waals surface area (Å²) in [5.74, 6) is 0. The van der Waals surface area contributed by atoms with Gasteiger partial charge in [0.25, 0.3) is 5.56 Å². The molecule has 0 radical (unpaired) electrons. The molecule has 1 aromatic rings. The van der Waals surface area contributed by atoms with Gasteiger partial charge in [0.1, 0.15) is 0 Å². The summed E-state index contributed by atoms with van der Waals surface area (Å²) in [5.41, 5.74) is -1.82. The Bertz CT molecular complexity index is 457. The van der Waals surface area contributed by atoms with E-state index in [1.54, 1.807) is 4.98 Å². The molecule has 10 heteroatoms. The van der Waals surface area contributed by atoms with Gasteiger partial charge in [-0.1, -0.05) is 0 Å². The SMILES string of the molecule is O=c1[nH]c(=O)n(C[B-](F)(F)F)cc1Br.[K+]. The van der Waals surface area contributed by atoms with Gasteiger partial charge < -0.3 is 17.5 Å². The zero-order chi connectivity index (χ0) is 10.9.